The molecule has 0 radical (unpaired) electrons. The molecule has 0 saturated heterocycles. The van der Waals surface area contributed by atoms with Crippen LogP contribution in [0.2, 0.25) is 10.0 Å². The van der Waals surface area contributed by atoms with Gasteiger partial charge in [0.05, 0.1) is 16.3 Å². The average Bonchev–Trinajstić information content (AvgIpc) is 2.99. The molecule has 1 aromatic carbocycles. The van der Waals surface area contributed by atoms with Crippen molar-refractivity contribution in [2.45, 2.75) is 32.6 Å². The maximum absolute atomic E-state index is 12.4. The van der Waals surface area contributed by atoms with Gasteiger partial charge in [0.1, 0.15) is 11.5 Å². The van der Waals surface area contributed by atoms with Crippen LogP contribution in [0.5, 0.6) is 0 Å². The molecule has 2 fully saturated rings. The standard InChI is InChI=1S/C20H20Cl2N2O2/c1-20-10-3-2-6-14(20)17(20)19(25)24-23-11-12-8-9-16(26-12)13-5-4-7-15(21)18(13)22/h4-5,7-9,11,14,17H,2-3,6,10H2,1H3,(H,24,25)/b23-11-/t14-,17-,20-/m0/s1. The van der Waals surface area contributed by atoms with Gasteiger partial charge < -0.3 is 4.42 Å². The van der Waals surface area contributed by atoms with Gasteiger partial charge in [0, 0.05) is 11.5 Å². The van der Waals surface area contributed by atoms with Gasteiger partial charge >= 0.3 is 0 Å². The fraction of sp³-hybridized carbons (Fsp3) is 0.400. The van der Waals surface area contributed by atoms with Crippen LogP contribution in [0.4, 0.5) is 0 Å². The van der Waals surface area contributed by atoms with Crippen molar-refractivity contribution >= 4 is 35.3 Å². The van der Waals surface area contributed by atoms with E-state index < -0.39 is 0 Å². The minimum Gasteiger partial charge on any atom is -0.455 e. The van der Waals surface area contributed by atoms with E-state index in [1.165, 1.54) is 19.1 Å². The highest BCUT2D eigenvalue weighted by molar-refractivity contribution is 6.43. The molecular formula is C20H20Cl2N2O2. The minimum atomic E-state index is 0.0142. The number of hydrogen-bond donors (Lipinski definition) is 1. The Morgan fingerprint density at radius 1 is 1.31 bits per heavy atom. The normalized spacial score (nSPS) is 27.3. The van der Waals surface area contributed by atoms with Gasteiger partial charge in [-0.3, -0.25) is 4.79 Å². The molecule has 6 heteroatoms. The monoisotopic (exact) mass is 390 g/mol. The maximum atomic E-state index is 12.4. The summed E-state index contributed by atoms with van der Waals surface area (Å²) in [7, 11) is 0. The predicted molar refractivity (Wildman–Crippen MR) is 103 cm³/mol. The van der Waals surface area contributed by atoms with Gasteiger partial charge in [0.2, 0.25) is 5.91 Å². The van der Waals surface area contributed by atoms with E-state index in [1.807, 2.05) is 12.1 Å². The molecule has 2 aliphatic rings. The van der Waals surface area contributed by atoms with E-state index in [4.69, 9.17) is 27.6 Å². The van der Waals surface area contributed by atoms with Crippen molar-refractivity contribution in [1.29, 1.82) is 0 Å². The molecule has 1 N–H and O–H groups in total. The van der Waals surface area contributed by atoms with Crippen LogP contribution in [-0.2, 0) is 4.79 Å². The zero-order valence-corrected chi connectivity index (χ0v) is 16.0. The average molecular weight is 391 g/mol. The Balaban J connectivity index is 1.40. The zero-order chi connectivity index (χ0) is 18.3. The summed E-state index contributed by atoms with van der Waals surface area (Å²) in [5.74, 6) is 1.77. The molecule has 26 heavy (non-hydrogen) atoms. The van der Waals surface area contributed by atoms with Crippen molar-refractivity contribution in [2.75, 3.05) is 0 Å². The highest BCUT2D eigenvalue weighted by atomic mass is 35.5. The van der Waals surface area contributed by atoms with Crippen LogP contribution in [0.1, 0.15) is 38.4 Å². The van der Waals surface area contributed by atoms with Gasteiger partial charge in [0.15, 0.2) is 0 Å². The molecule has 4 rings (SSSR count). The molecule has 1 heterocycles. The Hall–Kier alpha value is -1.78. The Labute approximate surface area is 162 Å². The van der Waals surface area contributed by atoms with Gasteiger partial charge in [-0.1, -0.05) is 49.0 Å². The molecule has 0 bridgehead atoms. The molecule has 2 saturated carbocycles. The molecule has 0 spiro atoms. The number of hydrogen-bond acceptors (Lipinski definition) is 3. The fourth-order valence-electron chi connectivity index (χ4n) is 4.34. The number of fused-ring (bicyclic) bond motifs is 1. The number of halogens is 2. The van der Waals surface area contributed by atoms with Crippen LogP contribution in [0.15, 0.2) is 39.9 Å². The van der Waals surface area contributed by atoms with E-state index in [1.54, 1.807) is 18.2 Å². The molecule has 136 valence electrons. The first-order valence-corrected chi connectivity index (χ1v) is 9.63. The number of nitrogens with one attached hydrogen (secondary N) is 1. The van der Waals surface area contributed by atoms with Crippen molar-refractivity contribution < 1.29 is 9.21 Å². The summed E-state index contributed by atoms with van der Waals surface area (Å²) in [6.07, 6.45) is 6.26. The first-order valence-electron chi connectivity index (χ1n) is 8.88. The smallest absolute Gasteiger partial charge is 0.244 e. The van der Waals surface area contributed by atoms with Crippen LogP contribution >= 0.6 is 23.2 Å². The molecule has 0 unspecified atom stereocenters. The summed E-state index contributed by atoms with van der Waals surface area (Å²) in [5, 5.41) is 4.98. The fourth-order valence-corrected chi connectivity index (χ4v) is 4.73. The Morgan fingerprint density at radius 2 is 2.15 bits per heavy atom. The largest absolute Gasteiger partial charge is 0.455 e. The lowest BCUT2D eigenvalue weighted by Crippen LogP contribution is -2.22. The Morgan fingerprint density at radius 3 is 2.92 bits per heavy atom. The third-order valence-corrected chi connectivity index (χ3v) is 6.64. The number of nitrogens with zero attached hydrogens (tertiary/aromatic N) is 1. The van der Waals surface area contributed by atoms with Gasteiger partial charge in [-0.05, 0) is 48.4 Å². The quantitative estimate of drug-likeness (QED) is 0.550. The van der Waals surface area contributed by atoms with E-state index in [0.29, 0.717) is 27.5 Å². The molecule has 3 atom stereocenters. The summed E-state index contributed by atoms with van der Waals surface area (Å²) < 4.78 is 5.73. The van der Waals surface area contributed by atoms with Crippen molar-refractivity contribution in [3.8, 4) is 11.3 Å². The second-order valence-electron chi connectivity index (χ2n) is 7.37. The maximum Gasteiger partial charge on any atom is 0.244 e. The SMILES string of the molecule is C[C@]12CCCC[C@H]1[C@H]2C(=O)N/N=C\c1ccc(-c2cccc(Cl)c2Cl)o1. The van der Waals surface area contributed by atoms with Crippen LogP contribution in [0.25, 0.3) is 11.3 Å². The summed E-state index contributed by atoms with van der Waals surface area (Å²) >= 11 is 12.3. The van der Waals surface area contributed by atoms with Crippen molar-refractivity contribution in [3.63, 3.8) is 0 Å². The van der Waals surface area contributed by atoms with E-state index in [0.717, 1.165) is 18.4 Å². The molecular weight excluding hydrogens is 371 g/mol. The van der Waals surface area contributed by atoms with E-state index in [2.05, 4.69) is 17.5 Å². The second-order valence-corrected chi connectivity index (χ2v) is 8.16. The lowest BCUT2D eigenvalue weighted by atomic mass is 9.90. The second kappa shape index (κ2) is 6.75. The summed E-state index contributed by atoms with van der Waals surface area (Å²) in [5.41, 5.74) is 3.57. The lowest BCUT2D eigenvalue weighted by molar-refractivity contribution is -0.123. The van der Waals surface area contributed by atoms with Gasteiger partial charge in [-0.2, -0.15) is 5.10 Å². The van der Waals surface area contributed by atoms with E-state index in [9.17, 15) is 4.79 Å². The van der Waals surface area contributed by atoms with Crippen LogP contribution in [0.3, 0.4) is 0 Å². The molecule has 2 aliphatic carbocycles. The molecule has 1 amide bonds. The number of carbonyl (C=O) groups excluding carboxylic acids is 1. The molecule has 0 aliphatic heterocycles. The first-order chi connectivity index (χ1) is 12.5. The molecule has 4 nitrogen and oxygen atoms in total. The van der Waals surface area contributed by atoms with Gasteiger partial charge in [-0.15, -0.1) is 0 Å². The highest BCUT2D eigenvalue weighted by Crippen LogP contribution is 2.66. The molecule has 1 aromatic heterocycles. The number of rotatable bonds is 4. The van der Waals surface area contributed by atoms with Crippen LogP contribution < -0.4 is 5.43 Å². The van der Waals surface area contributed by atoms with Gasteiger partial charge in [0.25, 0.3) is 0 Å². The lowest BCUT2D eigenvalue weighted by Gasteiger charge is -2.15. The predicted octanol–water partition coefficient (Wildman–Crippen LogP) is 5.53. The summed E-state index contributed by atoms with van der Waals surface area (Å²) in [4.78, 5) is 12.4. The highest BCUT2D eigenvalue weighted by Gasteiger charge is 2.64. The third kappa shape index (κ3) is 3.06. The summed E-state index contributed by atoms with van der Waals surface area (Å²) in [6, 6.07) is 8.96. The Bertz CT molecular complexity index is 876. The first kappa shape index (κ1) is 17.6. The van der Waals surface area contributed by atoms with Crippen LogP contribution in [-0.4, -0.2) is 12.1 Å². The topological polar surface area (TPSA) is 54.6 Å². The van der Waals surface area contributed by atoms with Crippen molar-refractivity contribution in [2.24, 2.45) is 22.4 Å². The minimum absolute atomic E-state index is 0.0142. The van der Waals surface area contributed by atoms with E-state index in [-0.39, 0.29) is 17.2 Å². The van der Waals surface area contributed by atoms with Crippen molar-refractivity contribution in [1.82, 2.24) is 5.43 Å². The number of carbonyl (C=O) groups is 1. The number of amides is 1. The van der Waals surface area contributed by atoms with Crippen molar-refractivity contribution in [3.05, 3.63) is 46.1 Å². The van der Waals surface area contributed by atoms with E-state index >= 15 is 0 Å². The number of furan rings is 1. The zero-order valence-electron chi connectivity index (χ0n) is 14.5. The van der Waals surface area contributed by atoms with Gasteiger partial charge in [-0.25, -0.2) is 5.43 Å². The van der Waals surface area contributed by atoms with Crippen LogP contribution in [0, 0.1) is 17.3 Å². The Kier molecular flexibility index (Phi) is 4.57. The number of benzene rings is 1. The molecule has 2 aromatic rings. The third-order valence-electron chi connectivity index (χ3n) is 5.82. The number of hydrazone groups is 1. The summed E-state index contributed by atoms with van der Waals surface area (Å²) in [6.45, 7) is 2.22.